The third-order valence-corrected chi connectivity index (χ3v) is 4.27. The smallest absolute Gasteiger partial charge is 0.241 e. The van der Waals surface area contributed by atoms with Crippen LogP contribution in [0.1, 0.15) is 11.1 Å². The molecule has 0 spiro atoms. The first-order valence-corrected chi connectivity index (χ1v) is 7.20. The lowest BCUT2D eigenvalue weighted by Gasteiger charge is -2.09. The Labute approximate surface area is 112 Å². The molecule has 0 saturated carbocycles. The van der Waals surface area contributed by atoms with E-state index in [0.29, 0.717) is 11.3 Å². The Morgan fingerprint density at radius 3 is 2.74 bits per heavy atom. The van der Waals surface area contributed by atoms with Crippen molar-refractivity contribution in [2.45, 2.75) is 18.4 Å². The second kappa shape index (κ2) is 5.02. The first-order chi connectivity index (χ1) is 8.88. The van der Waals surface area contributed by atoms with Crippen LogP contribution >= 0.6 is 0 Å². The van der Waals surface area contributed by atoms with Gasteiger partial charge in [0.15, 0.2) is 0 Å². The molecule has 0 fully saturated rings. The summed E-state index contributed by atoms with van der Waals surface area (Å²) in [6, 6.07) is 4.72. The monoisotopic (exact) mass is 280 g/mol. The summed E-state index contributed by atoms with van der Waals surface area (Å²) in [5, 5.41) is 3.98. The third kappa shape index (κ3) is 3.12. The van der Waals surface area contributed by atoms with Gasteiger partial charge in [0.25, 0.3) is 0 Å². The van der Waals surface area contributed by atoms with E-state index in [1.807, 2.05) is 0 Å². The average Bonchev–Trinajstić information content (AvgIpc) is 2.72. The molecule has 0 aliphatic rings. The summed E-state index contributed by atoms with van der Waals surface area (Å²) < 4.78 is 28.5. The van der Waals surface area contributed by atoms with Gasteiger partial charge in [-0.15, -0.1) is 0 Å². The summed E-state index contributed by atoms with van der Waals surface area (Å²) in [7, 11) is -1.76. The molecular weight excluding hydrogens is 264 g/mol. The predicted molar refractivity (Wildman–Crippen MR) is 72.8 cm³/mol. The number of hydrogen-bond acceptors (Lipinski definition) is 4. The van der Waals surface area contributed by atoms with E-state index in [4.69, 9.17) is 5.73 Å². The molecule has 0 unspecified atom stereocenters. The average molecular weight is 280 g/mol. The molecule has 102 valence electrons. The van der Waals surface area contributed by atoms with Crippen LogP contribution in [-0.4, -0.2) is 18.2 Å². The fourth-order valence-corrected chi connectivity index (χ4v) is 3.04. The van der Waals surface area contributed by atoms with Gasteiger partial charge in [0, 0.05) is 31.0 Å². The van der Waals surface area contributed by atoms with Gasteiger partial charge >= 0.3 is 0 Å². The zero-order valence-corrected chi connectivity index (χ0v) is 11.6. The van der Waals surface area contributed by atoms with Crippen molar-refractivity contribution in [3.8, 4) is 0 Å². The van der Waals surface area contributed by atoms with Crippen molar-refractivity contribution < 1.29 is 8.42 Å². The second-order valence-corrected chi connectivity index (χ2v) is 6.11. The Morgan fingerprint density at radius 2 is 2.16 bits per heavy atom. The molecule has 1 aromatic carbocycles. The van der Waals surface area contributed by atoms with Crippen molar-refractivity contribution in [2.75, 3.05) is 5.73 Å². The van der Waals surface area contributed by atoms with Crippen LogP contribution in [-0.2, 0) is 23.6 Å². The number of anilines is 1. The van der Waals surface area contributed by atoms with Crippen LogP contribution in [0.25, 0.3) is 0 Å². The molecule has 2 aromatic rings. The molecule has 3 N–H and O–H groups in total. The highest BCUT2D eigenvalue weighted by Gasteiger charge is 2.16. The predicted octanol–water partition coefficient (Wildman–Crippen LogP) is 0.789. The molecular formula is C12H16N4O2S. The quantitative estimate of drug-likeness (QED) is 0.810. The van der Waals surface area contributed by atoms with Gasteiger partial charge in [0.1, 0.15) is 0 Å². The van der Waals surface area contributed by atoms with E-state index in [-0.39, 0.29) is 11.4 Å². The van der Waals surface area contributed by atoms with Gasteiger partial charge in [-0.1, -0.05) is 0 Å². The number of nitrogens with one attached hydrogen (secondary N) is 1. The van der Waals surface area contributed by atoms with Gasteiger partial charge in [0.05, 0.1) is 11.1 Å². The van der Waals surface area contributed by atoms with Crippen LogP contribution in [0.3, 0.4) is 0 Å². The number of nitrogen functional groups attached to an aromatic ring is 1. The van der Waals surface area contributed by atoms with Crippen LogP contribution in [0.15, 0.2) is 35.5 Å². The van der Waals surface area contributed by atoms with Gasteiger partial charge < -0.3 is 5.73 Å². The fraction of sp³-hybridized carbons (Fsp3) is 0.250. The van der Waals surface area contributed by atoms with Crippen LogP contribution < -0.4 is 10.5 Å². The Balaban J connectivity index is 2.18. The Kier molecular flexibility index (Phi) is 3.59. The Bertz CT molecular complexity index is 692. The fourth-order valence-electron chi connectivity index (χ4n) is 1.79. The van der Waals surface area contributed by atoms with Crippen molar-refractivity contribution in [1.29, 1.82) is 0 Å². The second-order valence-electron chi connectivity index (χ2n) is 4.37. The van der Waals surface area contributed by atoms with E-state index in [2.05, 4.69) is 9.82 Å². The maximum atomic E-state index is 12.2. The van der Waals surface area contributed by atoms with E-state index >= 15 is 0 Å². The highest BCUT2D eigenvalue weighted by atomic mass is 32.2. The van der Waals surface area contributed by atoms with E-state index < -0.39 is 10.0 Å². The summed E-state index contributed by atoms with van der Waals surface area (Å²) in [5.41, 5.74) is 7.59. The summed E-state index contributed by atoms with van der Waals surface area (Å²) in [6.07, 6.45) is 3.39. The van der Waals surface area contributed by atoms with Crippen molar-refractivity contribution in [3.63, 3.8) is 0 Å². The normalized spacial score (nSPS) is 11.7. The van der Waals surface area contributed by atoms with Crippen molar-refractivity contribution in [1.82, 2.24) is 14.5 Å². The van der Waals surface area contributed by atoms with Crippen LogP contribution in [0.2, 0.25) is 0 Å². The van der Waals surface area contributed by atoms with Crippen LogP contribution in [0, 0.1) is 6.92 Å². The molecule has 0 aliphatic carbocycles. The van der Waals surface area contributed by atoms with Crippen LogP contribution in [0.5, 0.6) is 0 Å². The minimum atomic E-state index is -3.54. The van der Waals surface area contributed by atoms with Crippen molar-refractivity contribution in [2.24, 2.45) is 7.05 Å². The maximum absolute atomic E-state index is 12.2. The summed E-state index contributed by atoms with van der Waals surface area (Å²) >= 11 is 0. The number of aromatic nitrogens is 2. The number of aryl methyl sites for hydroxylation is 2. The van der Waals surface area contributed by atoms with Gasteiger partial charge in [-0.05, 0) is 30.7 Å². The first kappa shape index (κ1) is 13.6. The van der Waals surface area contributed by atoms with E-state index in [0.717, 1.165) is 5.56 Å². The maximum Gasteiger partial charge on any atom is 0.241 e. The number of sulfonamides is 1. The molecule has 0 bridgehead atoms. The molecule has 2 rings (SSSR count). The van der Waals surface area contributed by atoms with Crippen molar-refractivity contribution >= 4 is 15.7 Å². The highest BCUT2D eigenvalue weighted by molar-refractivity contribution is 7.89. The summed E-state index contributed by atoms with van der Waals surface area (Å²) in [5.74, 6) is 0. The lowest BCUT2D eigenvalue weighted by Crippen LogP contribution is -2.23. The molecule has 0 saturated heterocycles. The largest absolute Gasteiger partial charge is 0.399 e. The molecule has 19 heavy (non-hydrogen) atoms. The Hall–Kier alpha value is -1.86. The number of nitrogens with zero attached hydrogens (tertiary/aromatic N) is 2. The minimum Gasteiger partial charge on any atom is -0.399 e. The number of benzene rings is 1. The van der Waals surface area contributed by atoms with Gasteiger partial charge in [-0.2, -0.15) is 5.10 Å². The zero-order valence-electron chi connectivity index (χ0n) is 10.8. The molecule has 1 aromatic heterocycles. The number of nitrogens with two attached hydrogens (primary N) is 1. The standard InChI is InChI=1S/C12H16N4O2S/c1-9-5-11(13)3-4-12(9)19(17,18)15-7-10-6-14-16(2)8-10/h3-6,8,15H,7,13H2,1-2H3. The third-order valence-electron chi connectivity index (χ3n) is 2.71. The van der Waals surface area contributed by atoms with Gasteiger partial charge in [-0.3, -0.25) is 4.68 Å². The SMILES string of the molecule is Cc1cc(N)ccc1S(=O)(=O)NCc1cnn(C)c1. The molecule has 6 nitrogen and oxygen atoms in total. The molecule has 7 heteroatoms. The molecule has 0 atom stereocenters. The molecule has 0 amide bonds. The van der Waals surface area contributed by atoms with E-state index in [1.54, 1.807) is 43.2 Å². The topological polar surface area (TPSA) is 90.0 Å². The van der Waals surface area contributed by atoms with Crippen molar-refractivity contribution in [3.05, 3.63) is 41.7 Å². The van der Waals surface area contributed by atoms with E-state index in [9.17, 15) is 8.42 Å². The number of hydrogen-bond donors (Lipinski definition) is 2. The molecule has 0 aliphatic heterocycles. The minimum absolute atomic E-state index is 0.208. The highest BCUT2D eigenvalue weighted by Crippen LogP contribution is 2.17. The lowest BCUT2D eigenvalue weighted by atomic mass is 10.2. The summed E-state index contributed by atoms with van der Waals surface area (Å²) in [4.78, 5) is 0.241. The molecule has 0 radical (unpaired) electrons. The molecule has 1 heterocycles. The van der Waals surface area contributed by atoms with Gasteiger partial charge in [0.2, 0.25) is 10.0 Å². The summed E-state index contributed by atoms with van der Waals surface area (Å²) in [6.45, 7) is 1.93. The lowest BCUT2D eigenvalue weighted by molar-refractivity contribution is 0.580. The number of rotatable bonds is 4. The first-order valence-electron chi connectivity index (χ1n) is 5.72. The Morgan fingerprint density at radius 1 is 1.42 bits per heavy atom. The van der Waals surface area contributed by atoms with E-state index in [1.165, 1.54) is 6.07 Å². The van der Waals surface area contributed by atoms with Gasteiger partial charge in [-0.25, -0.2) is 13.1 Å². The van der Waals surface area contributed by atoms with Crippen LogP contribution in [0.4, 0.5) is 5.69 Å². The zero-order chi connectivity index (χ0) is 14.0.